The van der Waals surface area contributed by atoms with Gasteiger partial charge in [0, 0.05) is 13.1 Å². The Morgan fingerprint density at radius 3 is 2.12 bits per heavy atom. The van der Waals surface area contributed by atoms with Crippen molar-refractivity contribution in [3.63, 3.8) is 0 Å². The largest absolute Gasteiger partial charge is 0.350 e. The van der Waals surface area contributed by atoms with Gasteiger partial charge in [-0.1, -0.05) is 54.6 Å². The fourth-order valence-corrected chi connectivity index (χ4v) is 3.59. The van der Waals surface area contributed by atoms with Crippen molar-refractivity contribution in [1.29, 1.82) is 0 Å². The van der Waals surface area contributed by atoms with E-state index >= 15 is 0 Å². The van der Waals surface area contributed by atoms with Gasteiger partial charge < -0.3 is 10.6 Å². The summed E-state index contributed by atoms with van der Waals surface area (Å²) in [6.45, 7) is 0.193. The maximum Gasteiger partial charge on any atom is 0.322 e. The number of anilines is 2. The minimum Gasteiger partial charge on any atom is -0.350 e. The highest BCUT2D eigenvalue weighted by atomic mass is 19.1. The molecule has 1 aliphatic heterocycles. The smallest absolute Gasteiger partial charge is 0.322 e. The highest BCUT2D eigenvalue weighted by Crippen LogP contribution is 2.33. The molecule has 4 rings (SSSR count). The Morgan fingerprint density at radius 2 is 1.39 bits per heavy atom. The van der Waals surface area contributed by atoms with Crippen molar-refractivity contribution in [3.8, 4) is 0 Å². The number of nitrogens with zero attached hydrogens (tertiary/aromatic N) is 2. The van der Waals surface area contributed by atoms with E-state index in [1.807, 2.05) is 30.3 Å². The number of carbonyl (C=O) groups is 3. The van der Waals surface area contributed by atoms with Crippen LogP contribution in [-0.2, 0) is 22.7 Å². The van der Waals surface area contributed by atoms with Gasteiger partial charge in [0.15, 0.2) is 0 Å². The number of amides is 4. The molecule has 0 bridgehead atoms. The summed E-state index contributed by atoms with van der Waals surface area (Å²) in [6, 6.07) is 21.9. The molecule has 0 unspecified atom stereocenters. The van der Waals surface area contributed by atoms with Crippen LogP contribution in [0.2, 0.25) is 0 Å². The van der Waals surface area contributed by atoms with Crippen molar-refractivity contribution in [2.24, 2.45) is 0 Å². The summed E-state index contributed by atoms with van der Waals surface area (Å²) in [5, 5.41) is 5.58. The predicted octanol–water partition coefficient (Wildman–Crippen LogP) is 3.20. The quantitative estimate of drug-likeness (QED) is 0.610. The van der Waals surface area contributed by atoms with Crippen LogP contribution in [0.3, 0.4) is 0 Å². The average molecular weight is 446 g/mol. The second-order valence-electron chi connectivity index (χ2n) is 7.60. The zero-order chi connectivity index (χ0) is 23.2. The van der Waals surface area contributed by atoms with Crippen LogP contribution in [-0.4, -0.2) is 30.9 Å². The first-order chi connectivity index (χ1) is 16.0. The number of benzene rings is 3. The maximum absolute atomic E-state index is 13.0. The molecular weight excluding hydrogens is 423 g/mol. The van der Waals surface area contributed by atoms with Gasteiger partial charge in [-0.25, -0.2) is 9.18 Å². The molecule has 0 fully saturated rings. The van der Waals surface area contributed by atoms with Crippen molar-refractivity contribution in [3.05, 3.63) is 95.8 Å². The van der Waals surface area contributed by atoms with Crippen molar-refractivity contribution in [2.75, 3.05) is 22.9 Å². The van der Waals surface area contributed by atoms with Gasteiger partial charge in [0.2, 0.25) is 11.8 Å². The topological polar surface area (TPSA) is 81.8 Å². The molecule has 8 heteroatoms. The van der Waals surface area contributed by atoms with E-state index in [1.165, 1.54) is 21.9 Å². The van der Waals surface area contributed by atoms with Crippen LogP contribution in [0.5, 0.6) is 0 Å². The normalized spacial score (nSPS) is 12.8. The minimum absolute atomic E-state index is 0.178. The molecular formula is C25H23FN4O3. The molecule has 0 saturated heterocycles. The maximum atomic E-state index is 13.0. The second-order valence-corrected chi connectivity index (χ2v) is 7.60. The van der Waals surface area contributed by atoms with Gasteiger partial charge in [-0.15, -0.1) is 0 Å². The SMILES string of the molecule is O=C(CN1C(=O)CN(C(=O)NCc2ccccc2)c2ccccc21)NCc1ccc(F)cc1. The van der Waals surface area contributed by atoms with E-state index < -0.39 is 0 Å². The summed E-state index contributed by atoms with van der Waals surface area (Å²) in [7, 11) is 0. The highest BCUT2D eigenvalue weighted by molar-refractivity contribution is 6.12. The monoisotopic (exact) mass is 446 g/mol. The molecule has 1 aliphatic rings. The summed E-state index contributed by atoms with van der Waals surface area (Å²) in [4.78, 5) is 41.0. The number of halogens is 1. The molecule has 3 aromatic rings. The molecule has 2 N–H and O–H groups in total. The number of urea groups is 1. The van der Waals surface area contributed by atoms with Gasteiger partial charge in [0.25, 0.3) is 0 Å². The van der Waals surface area contributed by atoms with Gasteiger partial charge >= 0.3 is 6.03 Å². The van der Waals surface area contributed by atoms with Gasteiger partial charge in [-0.2, -0.15) is 0 Å². The summed E-state index contributed by atoms with van der Waals surface area (Å²) in [5.41, 5.74) is 2.73. The number of carbonyl (C=O) groups excluding carboxylic acids is 3. The van der Waals surface area contributed by atoms with Crippen molar-refractivity contribution in [1.82, 2.24) is 10.6 Å². The molecule has 0 aromatic heterocycles. The zero-order valence-electron chi connectivity index (χ0n) is 17.8. The molecule has 4 amide bonds. The summed E-state index contributed by atoms with van der Waals surface area (Å²) >= 11 is 0. The molecule has 168 valence electrons. The summed E-state index contributed by atoms with van der Waals surface area (Å²) in [5.74, 6) is -1.07. The van der Waals surface area contributed by atoms with Crippen LogP contribution >= 0.6 is 0 Å². The minimum atomic E-state index is -0.389. The molecule has 0 aliphatic carbocycles. The number of para-hydroxylation sites is 2. The Kier molecular flexibility index (Phi) is 6.64. The summed E-state index contributed by atoms with van der Waals surface area (Å²) < 4.78 is 13.0. The number of hydrogen-bond acceptors (Lipinski definition) is 3. The number of rotatable bonds is 6. The first kappa shape index (κ1) is 22.0. The Bertz CT molecular complexity index is 1150. The average Bonchev–Trinajstić information content (AvgIpc) is 2.84. The van der Waals surface area contributed by atoms with E-state index in [4.69, 9.17) is 0 Å². The van der Waals surface area contributed by atoms with Crippen molar-refractivity contribution < 1.29 is 18.8 Å². The van der Waals surface area contributed by atoms with Crippen LogP contribution < -0.4 is 20.4 Å². The van der Waals surface area contributed by atoms with E-state index in [0.29, 0.717) is 17.9 Å². The first-order valence-electron chi connectivity index (χ1n) is 10.5. The lowest BCUT2D eigenvalue weighted by Gasteiger charge is -2.35. The van der Waals surface area contributed by atoms with Crippen LogP contribution in [0, 0.1) is 5.82 Å². The van der Waals surface area contributed by atoms with Gasteiger partial charge in [0.05, 0.1) is 11.4 Å². The molecule has 0 atom stereocenters. The van der Waals surface area contributed by atoms with Crippen molar-refractivity contribution in [2.45, 2.75) is 13.1 Å². The molecule has 3 aromatic carbocycles. The van der Waals surface area contributed by atoms with Gasteiger partial charge in [-0.3, -0.25) is 19.4 Å². The Hall–Kier alpha value is -4.20. The van der Waals surface area contributed by atoms with Gasteiger partial charge in [0.1, 0.15) is 18.9 Å². The molecule has 33 heavy (non-hydrogen) atoms. The molecule has 0 saturated carbocycles. The van der Waals surface area contributed by atoms with Crippen LogP contribution in [0.15, 0.2) is 78.9 Å². The molecule has 0 radical (unpaired) electrons. The number of fused-ring (bicyclic) bond motifs is 1. The lowest BCUT2D eigenvalue weighted by atomic mass is 10.1. The van der Waals surface area contributed by atoms with E-state index in [0.717, 1.165) is 11.1 Å². The Labute approximate surface area is 190 Å². The lowest BCUT2D eigenvalue weighted by molar-refractivity contribution is -0.123. The van der Waals surface area contributed by atoms with E-state index in [1.54, 1.807) is 36.4 Å². The van der Waals surface area contributed by atoms with Crippen molar-refractivity contribution >= 4 is 29.2 Å². The second kappa shape index (κ2) is 9.95. The highest BCUT2D eigenvalue weighted by Gasteiger charge is 2.33. The Morgan fingerprint density at radius 1 is 0.788 bits per heavy atom. The zero-order valence-corrected chi connectivity index (χ0v) is 17.8. The van der Waals surface area contributed by atoms with Crippen LogP contribution in [0.4, 0.5) is 20.6 Å². The summed E-state index contributed by atoms with van der Waals surface area (Å²) in [6.07, 6.45) is 0. The third-order valence-corrected chi connectivity index (χ3v) is 5.29. The third kappa shape index (κ3) is 5.35. The van der Waals surface area contributed by atoms with E-state index in [9.17, 15) is 18.8 Å². The first-order valence-corrected chi connectivity index (χ1v) is 10.5. The number of nitrogens with one attached hydrogen (secondary N) is 2. The third-order valence-electron chi connectivity index (χ3n) is 5.29. The van der Waals surface area contributed by atoms with Crippen LogP contribution in [0.25, 0.3) is 0 Å². The predicted molar refractivity (Wildman–Crippen MR) is 123 cm³/mol. The lowest BCUT2D eigenvalue weighted by Crippen LogP contribution is -2.53. The molecule has 1 heterocycles. The van der Waals surface area contributed by atoms with Gasteiger partial charge in [-0.05, 0) is 35.4 Å². The standard InChI is InChI=1S/C25H23FN4O3/c26-20-12-10-19(11-13-20)14-27-23(31)16-29-21-8-4-5-9-22(21)30(17-24(29)32)25(33)28-15-18-6-2-1-3-7-18/h1-13H,14-17H2,(H,27,31)(H,28,33). The fraction of sp³-hybridized carbons (Fsp3) is 0.160. The number of hydrogen-bond donors (Lipinski definition) is 2. The van der Waals surface area contributed by atoms with Crippen LogP contribution in [0.1, 0.15) is 11.1 Å². The Balaban J connectivity index is 1.42. The molecule has 7 nitrogen and oxygen atoms in total. The van der Waals surface area contributed by atoms with E-state index in [2.05, 4.69) is 10.6 Å². The fourth-order valence-electron chi connectivity index (χ4n) is 3.59. The molecule has 0 spiro atoms. The van der Waals surface area contributed by atoms with E-state index in [-0.39, 0.29) is 43.3 Å².